The summed E-state index contributed by atoms with van der Waals surface area (Å²) in [5.41, 5.74) is 2.35. The molecule has 0 spiro atoms. The molecule has 1 saturated heterocycles. The molecule has 5 heteroatoms. The SMILES string of the molecule is Cc1cccc(OCCNC(=O)NCC2(c3ccccc3)CCOCC2)c1. The molecule has 2 aromatic carbocycles. The first kappa shape index (κ1) is 19.2. The van der Waals surface area contributed by atoms with Crippen LogP contribution in [0.5, 0.6) is 5.75 Å². The standard InChI is InChI=1S/C22H28N2O3/c1-18-6-5-9-20(16-18)27-15-12-23-21(25)24-17-22(10-13-26-14-11-22)19-7-3-2-4-8-19/h2-9,16H,10-15,17H2,1H3,(H2,23,24,25). The second-order valence-electron chi connectivity index (χ2n) is 7.03. The molecule has 27 heavy (non-hydrogen) atoms. The van der Waals surface area contributed by atoms with Gasteiger partial charge in [0.25, 0.3) is 0 Å². The predicted molar refractivity (Wildman–Crippen MR) is 106 cm³/mol. The van der Waals surface area contributed by atoms with Crippen LogP contribution in [0.1, 0.15) is 24.0 Å². The number of hydrogen-bond donors (Lipinski definition) is 2. The van der Waals surface area contributed by atoms with Crippen molar-refractivity contribution >= 4 is 6.03 Å². The minimum absolute atomic E-state index is 0.0606. The molecule has 0 aromatic heterocycles. The van der Waals surface area contributed by atoms with Crippen LogP contribution in [0.15, 0.2) is 54.6 Å². The fraction of sp³-hybridized carbons (Fsp3) is 0.409. The van der Waals surface area contributed by atoms with E-state index in [2.05, 4.69) is 34.9 Å². The summed E-state index contributed by atoms with van der Waals surface area (Å²) >= 11 is 0. The molecule has 1 aliphatic rings. The van der Waals surface area contributed by atoms with Crippen LogP contribution in [0.2, 0.25) is 0 Å². The van der Waals surface area contributed by atoms with Gasteiger partial charge in [-0.15, -0.1) is 0 Å². The van der Waals surface area contributed by atoms with Crippen LogP contribution >= 0.6 is 0 Å². The fourth-order valence-electron chi connectivity index (χ4n) is 3.47. The van der Waals surface area contributed by atoms with E-state index in [1.807, 2.05) is 37.3 Å². The highest BCUT2D eigenvalue weighted by atomic mass is 16.5. The zero-order valence-electron chi connectivity index (χ0n) is 15.9. The Morgan fingerprint density at radius 3 is 2.59 bits per heavy atom. The van der Waals surface area contributed by atoms with Crippen molar-refractivity contribution in [2.24, 2.45) is 0 Å². The third-order valence-corrected chi connectivity index (χ3v) is 5.07. The van der Waals surface area contributed by atoms with Gasteiger partial charge in [0, 0.05) is 25.2 Å². The van der Waals surface area contributed by atoms with Gasteiger partial charge in [0.05, 0.1) is 6.54 Å². The summed E-state index contributed by atoms with van der Waals surface area (Å²) < 4.78 is 11.2. The van der Waals surface area contributed by atoms with Crippen molar-refractivity contribution in [1.82, 2.24) is 10.6 Å². The molecular formula is C22H28N2O3. The highest BCUT2D eigenvalue weighted by Gasteiger charge is 2.34. The molecule has 3 rings (SSSR count). The number of amides is 2. The molecule has 0 aliphatic carbocycles. The Morgan fingerprint density at radius 1 is 1.07 bits per heavy atom. The summed E-state index contributed by atoms with van der Waals surface area (Å²) in [5, 5.41) is 5.91. The van der Waals surface area contributed by atoms with E-state index in [9.17, 15) is 4.79 Å². The number of carbonyl (C=O) groups is 1. The largest absolute Gasteiger partial charge is 0.492 e. The number of carbonyl (C=O) groups excluding carboxylic acids is 1. The lowest BCUT2D eigenvalue weighted by molar-refractivity contribution is 0.0507. The minimum Gasteiger partial charge on any atom is -0.492 e. The maximum atomic E-state index is 12.2. The molecule has 144 valence electrons. The van der Waals surface area contributed by atoms with E-state index in [1.54, 1.807) is 0 Å². The van der Waals surface area contributed by atoms with E-state index in [4.69, 9.17) is 9.47 Å². The van der Waals surface area contributed by atoms with Crippen LogP contribution in [0.4, 0.5) is 4.79 Å². The number of aryl methyl sites for hydroxylation is 1. The Balaban J connectivity index is 1.45. The van der Waals surface area contributed by atoms with Crippen molar-refractivity contribution in [3.8, 4) is 5.75 Å². The lowest BCUT2D eigenvalue weighted by atomic mass is 9.74. The van der Waals surface area contributed by atoms with Crippen LogP contribution in [0, 0.1) is 6.92 Å². The Kier molecular flexibility index (Phi) is 6.71. The highest BCUT2D eigenvalue weighted by Crippen LogP contribution is 2.34. The quantitative estimate of drug-likeness (QED) is 0.736. The number of urea groups is 1. The second kappa shape index (κ2) is 9.42. The molecule has 1 aliphatic heterocycles. The second-order valence-corrected chi connectivity index (χ2v) is 7.03. The van der Waals surface area contributed by atoms with Crippen molar-refractivity contribution in [2.75, 3.05) is 32.9 Å². The zero-order chi connectivity index (χ0) is 19.0. The van der Waals surface area contributed by atoms with E-state index in [-0.39, 0.29) is 11.4 Å². The number of hydrogen-bond acceptors (Lipinski definition) is 3. The van der Waals surface area contributed by atoms with Gasteiger partial charge in [-0.05, 0) is 43.0 Å². The van der Waals surface area contributed by atoms with Gasteiger partial charge in [0.1, 0.15) is 12.4 Å². The maximum absolute atomic E-state index is 12.2. The van der Waals surface area contributed by atoms with Gasteiger partial charge >= 0.3 is 6.03 Å². The summed E-state index contributed by atoms with van der Waals surface area (Å²) in [6.45, 7) is 4.98. The van der Waals surface area contributed by atoms with Crippen LogP contribution in [0.25, 0.3) is 0 Å². The molecule has 2 amide bonds. The molecule has 0 unspecified atom stereocenters. The summed E-state index contributed by atoms with van der Waals surface area (Å²) in [4.78, 5) is 12.2. The first-order chi connectivity index (χ1) is 13.2. The van der Waals surface area contributed by atoms with E-state index < -0.39 is 0 Å². The van der Waals surface area contributed by atoms with Crippen molar-refractivity contribution < 1.29 is 14.3 Å². The van der Waals surface area contributed by atoms with Gasteiger partial charge < -0.3 is 20.1 Å². The molecule has 0 atom stereocenters. The molecule has 2 N–H and O–H groups in total. The van der Waals surface area contributed by atoms with Crippen LogP contribution in [-0.2, 0) is 10.2 Å². The Hall–Kier alpha value is -2.53. The van der Waals surface area contributed by atoms with Crippen LogP contribution in [-0.4, -0.2) is 38.9 Å². The average molecular weight is 368 g/mol. The van der Waals surface area contributed by atoms with Crippen LogP contribution < -0.4 is 15.4 Å². The average Bonchev–Trinajstić information content (AvgIpc) is 2.71. The number of nitrogens with one attached hydrogen (secondary N) is 2. The third kappa shape index (κ3) is 5.47. The molecule has 0 bridgehead atoms. The van der Waals surface area contributed by atoms with Crippen molar-refractivity contribution in [1.29, 1.82) is 0 Å². The van der Waals surface area contributed by atoms with E-state index in [1.165, 1.54) is 5.56 Å². The minimum atomic E-state index is -0.162. The third-order valence-electron chi connectivity index (χ3n) is 5.07. The Labute approximate surface area is 161 Å². The lowest BCUT2D eigenvalue weighted by Crippen LogP contribution is -2.47. The Morgan fingerprint density at radius 2 is 1.85 bits per heavy atom. The summed E-state index contributed by atoms with van der Waals surface area (Å²) in [7, 11) is 0. The molecular weight excluding hydrogens is 340 g/mol. The van der Waals surface area contributed by atoms with Crippen molar-refractivity contribution in [3.63, 3.8) is 0 Å². The van der Waals surface area contributed by atoms with Gasteiger partial charge in [0.2, 0.25) is 0 Å². The summed E-state index contributed by atoms with van der Waals surface area (Å²) in [5.74, 6) is 0.822. The van der Waals surface area contributed by atoms with Gasteiger partial charge in [0.15, 0.2) is 0 Å². The molecule has 2 aromatic rings. The van der Waals surface area contributed by atoms with Gasteiger partial charge in [-0.25, -0.2) is 4.79 Å². The lowest BCUT2D eigenvalue weighted by Gasteiger charge is -2.38. The molecule has 0 radical (unpaired) electrons. The monoisotopic (exact) mass is 368 g/mol. The summed E-state index contributed by atoms with van der Waals surface area (Å²) in [6.07, 6.45) is 1.82. The zero-order valence-corrected chi connectivity index (χ0v) is 15.9. The predicted octanol–water partition coefficient (Wildman–Crippen LogP) is 3.42. The first-order valence-corrected chi connectivity index (χ1v) is 9.52. The molecule has 1 fully saturated rings. The van der Waals surface area contributed by atoms with Crippen LogP contribution in [0.3, 0.4) is 0 Å². The molecule has 1 heterocycles. The normalized spacial score (nSPS) is 15.7. The van der Waals surface area contributed by atoms with Gasteiger partial charge in [-0.3, -0.25) is 0 Å². The van der Waals surface area contributed by atoms with E-state index >= 15 is 0 Å². The van der Waals surface area contributed by atoms with Crippen molar-refractivity contribution in [2.45, 2.75) is 25.2 Å². The van der Waals surface area contributed by atoms with Gasteiger partial charge in [-0.1, -0.05) is 42.5 Å². The first-order valence-electron chi connectivity index (χ1n) is 9.52. The topological polar surface area (TPSA) is 59.6 Å². The number of benzene rings is 2. The number of rotatable bonds is 7. The maximum Gasteiger partial charge on any atom is 0.314 e. The number of ether oxygens (including phenoxy) is 2. The fourth-order valence-corrected chi connectivity index (χ4v) is 3.47. The summed E-state index contributed by atoms with van der Waals surface area (Å²) in [6, 6.07) is 18.1. The van der Waals surface area contributed by atoms with Gasteiger partial charge in [-0.2, -0.15) is 0 Å². The molecule has 5 nitrogen and oxygen atoms in total. The van der Waals surface area contributed by atoms with E-state index in [0.717, 1.165) is 37.4 Å². The smallest absolute Gasteiger partial charge is 0.314 e. The molecule has 0 saturated carbocycles. The van der Waals surface area contributed by atoms with Crippen molar-refractivity contribution in [3.05, 3.63) is 65.7 Å². The highest BCUT2D eigenvalue weighted by molar-refractivity contribution is 5.74. The Bertz CT molecular complexity index is 727. The van der Waals surface area contributed by atoms with E-state index in [0.29, 0.717) is 19.7 Å².